The number of carbonyl (C=O) groups excluding carboxylic acids is 1. The normalized spacial score (nSPS) is 16.0. The fraction of sp³-hybridized carbons (Fsp3) is 0.619. The number of hydrogen-bond acceptors (Lipinski definition) is 2. The zero-order chi connectivity index (χ0) is 19.0. The van der Waals surface area contributed by atoms with Gasteiger partial charge in [0.2, 0.25) is 0 Å². The zero-order valence-electron chi connectivity index (χ0n) is 17.1. The Morgan fingerprint density at radius 1 is 1.15 bits per heavy atom. The minimum absolute atomic E-state index is 0. The van der Waals surface area contributed by atoms with Gasteiger partial charge in [-0.05, 0) is 48.3 Å². The Bertz CT molecular complexity index is 607. The second-order valence-electron chi connectivity index (χ2n) is 7.86. The molecule has 1 saturated carbocycles. The summed E-state index contributed by atoms with van der Waals surface area (Å²) < 4.78 is 0. The van der Waals surface area contributed by atoms with Crippen molar-refractivity contribution in [3.63, 3.8) is 0 Å². The van der Waals surface area contributed by atoms with Gasteiger partial charge in [-0.3, -0.25) is 9.79 Å². The number of carbonyl (C=O) groups is 1. The topological polar surface area (TPSA) is 65.5 Å². The lowest BCUT2D eigenvalue weighted by atomic mass is 9.78. The van der Waals surface area contributed by atoms with Crippen molar-refractivity contribution in [1.29, 1.82) is 0 Å². The van der Waals surface area contributed by atoms with Gasteiger partial charge >= 0.3 is 0 Å². The van der Waals surface area contributed by atoms with Crippen LogP contribution in [0.15, 0.2) is 29.3 Å². The van der Waals surface area contributed by atoms with Gasteiger partial charge in [-0.2, -0.15) is 0 Å². The number of rotatable bonds is 7. The van der Waals surface area contributed by atoms with Crippen LogP contribution in [0.4, 0.5) is 0 Å². The molecule has 2 rings (SSSR count). The first-order chi connectivity index (χ1) is 12.5. The SMILES string of the molecule is CN=C(NCc1ccc(C(=O)NC)cc1)NCC1(CC(C)C)CCCC1.I. The van der Waals surface area contributed by atoms with Crippen LogP contribution in [0, 0.1) is 11.3 Å². The highest BCUT2D eigenvalue weighted by Crippen LogP contribution is 2.42. The molecule has 0 atom stereocenters. The molecule has 0 saturated heterocycles. The summed E-state index contributed by atoms with van der Waals surface area (Å²) in [5.41, 5.74) is 2.22. The van der Waals surface area contributed by atoms with E-state index in [4.69, 9.17) is 0 Å². The highest BCUT2D eigenvalue weighted by atomic mass is 127. The average Bonchev–Trinajstić information content (AvgIpc) is 3.09. The van der Waals surface area contributed by atoms with Gasteiger partial charge in [-0.15, -0.1) is 24.0 Å². The number of benzene rings is 1. The monoisotopic (exact) mass is 486 g/mol. The maximum absolute atomic E-state index is 11.6. The number of nitrogens with zero attached hydrogens (tertiary/aromatic N) is 1. The Hall–Kier alpha value is -1.31. The third-order valence-corrected chi connectivity index (χ3v) is 5.26. The lowest BCUT2D eigenvalue weighted by molar-refractivity contribution is 0.0963. The van der Waals surface area contributed by atoms with Gasteiger partial charge in [0.15, 0.2) is 5.96 Å². The molecule has 6 heteroatoms. The average molecular weight is 486 g/mol. The minimum atomic E-state index is -0.0611. The summed E-state index contributed by atoms with van der Waals surface area (Å²) in [5, 5.41) is 9.56. The summed E-state index contributed by atoms with van der Waals surface area (Å²) in [5.74, 6) is 1.51. The van der Waals surface area contributed by atoms with Crippen LogP contribution in [-0.4, -0.2) is 32.5 Å². The lowest BCUT2D eigenvalue weighted by Gasteiger charge is -2.32. The van der Waals surface area contributed by atoms with E-state index in [1.807, 2.05) is 31.3 Å². The molecule has 1 aromatic rings. The van der Waals surface area contributed by atoms with E-state index in [-0.39, 0.29) is 29.9 Å². The van der Waals surface area contributed by atoms with Gasteiger partial charge < -0.3 is 16.0 Å². The molecule has 3 N–H and O–H groups in total. The van der Waals surface area contributed by atoms with E-state index in [2.05, 4.69) is 34.8 Å². The number of nitrogens with one attached hydrogen (secondary N) is 3. The van der Waals surface area contributed by atoms with Crippen LogP contribution in [-0.2, 0) is 6.54 Å². The van der Waals surface area contributed by atoms with Crippen LogP contribution < -0.4 is 16.0 Å². The fourth-order valence-corrected chi connectivity index (χ4v) is 4.04. The van der Waals surface area contributed by atoms with Crippen molar-refractivity contribution in [3.05, 3.63) is 35.4 Å². The van der Waals surface area contributed by atoms with Crippen molar-refractivity contribution in [1.82, 2.24) is 16.0 Å². The summed E-state index contributed by atoms with van der Waals surface area (Å²) in [6.07, 6.45) is 6.60. The van der Waals surface area contributed by atoms with E-state index in [0.717, 1.165) is 24.0 Å². The molecule has 0 radical (unpaired) electrons. The molecular weight excluding hydrogens is 451 g/mol. The lowest BCUT2D eigenvalue weighted by Crippen LogP contribution is -2.43. The maximum atomic E-state index is 11.6. The second kappa shape index (κ2) is 11.5. The van der Waals surface area contributed by atoms with Gasteiger partial charge in [0.25, 0.3) is 5.91 Å². The standard InChI is InChI=1S/C21H34N4O.HI/c1-16(2)13-21(11-5-6-12-21)15-25-20(23-4)24-14-17-7-9-18(10-8-17)19(26)22-3;/h7-10,16H,5-6,11-15H2,1-4H3,(H,22,26)(H2,23,24,25);1H. The summed E-state index contributed by atoms with van der Waals surface area (Å²) in [6, 6.07) is 7.65. The van der Waals surface area contributed by atoms with Crippen LogP contribution in [0.5, 0.6) is 0 Å². The van der Waals surface area contributed by atoms with Crippen molar-refractivity contribution in [3.8, 4) is 0 Å². The van der Waals surface area contributed by atoms with Crippen molar-refractivity contribution < 1.29 is 4.79 Å². The summed E-state index contributed by atoms with van der Waals surface area (Å²) in [6.45, 7) is 6.30. The summed E-state index contributed by atoms with van der Waals surface area (Å²) >= 11 is 0. The Labute approximate surface area is 181 Å². The smallest absolute Gasteiger partial charge is 0.251 e. The molecule has 27 heavy (non-hydrogen) atoms. The zero-order valence-corrected chi connectivity index (χ0v) is 19.4. The Kier molecular flexibility index (Phi) is 10.1. The van der Waals surface area contributed by atoms with Crippen molar-refractivity contribution >= 4 is 35.8 Å². The number of hydrogen-bond donors (Lipinski definition) is 3. The number of amides is 1. The Morgan fingerprint density at radius 3 is 2.30 bits per heavy atom. The predicted molar refractivity (Wildman–Crippen MR) is 124 cm³/mol. The third-order valence-electron chi connectivity index (χ3n) is 5.26. The molecular formula is C21H35IN4O. The number of guanidine groups is 1. The van der Waals surface area contributed by atoms with Gasteiger partial charge in [0.1, 0.15) is 0 Å². The number of halogens is 1. The largest absolute Gasteiger partial charge is 0.356 e. The molecule has 1 aliphatic rings. The Morgan fingerprint density at radius 2 is 1.78 bits per heavy atom. The fourth-order valence-electron chi connectivity index (χ4n) is 4.04. The van der Waals surface area contributed by atoms with E-state index in [9.17, 15) is 4.79 Å². The van der Waals surface area contributed by atoms with Gasteiger partial charge in [0.05, 0.1) is 0 Å². The molecule has 0 aliphatic heterocycles. The van der Waals surface area contributed by atoms with Gasteiger partial charge in [0, 0.05) is 32.7 Å². The molecule has 0 aromatic heterocycles. The van der Waals surface area contributed by atoms with E-state index < -0.39 is 0 Å². The molecule has 0 bridgehead atoms. The molecule has 1 aliphatic carbocycles. The first-order valence-corrected chi connectivity index (χ1v) is 9.73. The third kappa shape index (κ3) is 7.31. The van der Waals surface area contributed by atoms with E-state index >= 15 is 0 Å². The predicted octanol–water partition coefficient (Wildman–Crippen LogP) is 3.94. The highest BCUT2D eigenvalue weighted by Gasteiger charge is 2.34. The van der Waals surface area contributed by atoms with Crippen LogP contribution in [0.3, 0.4) is 0 Å². The van der Waals surface area contributed by atoms with Gasteiger partial charge in [-0.25, -0.2) is 0 Å². The molecule has 1 aromatic carbocycles. The van der Waals surface area contributed by atoms with E-state index in [1.54, 1.807) is 7.05 Å². The maximum Gasteiger partial charge on any atom is 0.251 e. The number of aliphatic imine (C=N–C) groups is 1. The second-order valence-corrected chi connectivity index (χ2v) is 7.86. The van der Waals surface area contributed by atoms with Crippen LogP contribution in [0.1, 0.15) is 61.9 Å². The Balaban J connectivity index is 0.00000364. The molecule has 0 unspecified atom stereocenters. The van der Waals surface area contributed by atoms with E-state index in [1.165, 1.54) is 32.1 Å². The van der Waals surface area contributed by atoms with Crippen molar-refractivity contribution in [2.75, 3.05) is 20.6 Å². The highest BCUT2D eigenvalue weighted by molar-refractivity contribution is 14.0. The first-order valence-electron chi connectivity index (χ1n) is 9.73. The minimum Gasteiger partial charge on any atom is -0.356 e. The van der Waals surface area contributed by atoms with Crippen molar-refractivity contribution in [2.45, 2.75) is 52.5 Å². The van der Waals surface area contributed by atoms with Crippen LogP contribution in [0.2, 0.25) is 0 Å². The first kappa shape index (κ1) is 23.7. The molecule has 1 amide bonds. The quantitative estimate of drug-likeness (QED) is 0.311. The summed E-state index contributed by atoms with van der Waals surface area (Å²) in [7, 11) is 3.46. The molecule has 1 fully saturated rings. The van der Waals surface area contributed by atoms with Crippen molar-refractivity contribution in [2.24, 2.45) is 16.3 Å². The molecule has 0 spiro atoms. The van der Waals surface area contributed by atoms with Crippen LogP contribution >= 0.6 is 24.0 Å². The van der Waals surface area contributed by atoms with Gasteiger partial charge in [-0.1, -0.05) is 38.8 Å². The molecule has 0 heterocycles. The van der Waals surface area contributed by atoms with E-state index in [0.29, 0.717) is 17.5 Å². The summed E-state index contributed by atoms with van der Waals surface area (Å²) in [4.78, 5) is 16.0. The van der Waals surface area contributed by atoms with Crippen LogP contribution in [0.25, 0.3) is 0 Å². The molecule has 152 valence electrons. The molecule has 5 nitrogen and oxygen atoms in total.